The Hall–Kier alpha value is -1.71. The van der Waals surface area contributed by atoms with Crippen molar-refractivity contribution in [2.75, 3.05) is 6.61 Å². The minimum absolute atomic E-state index is 0.0446. The third kappa shape index (κ3) is 3.06. The van der Waals surface area contributed by atoms with Gasteiger partial charge in [-0.1, -0.05) is 6.07 Å². The highest BCUT2D eigenvalue weighted by atomic mass is 16.7. The molecule has 2 rings (SSSR count). The van der Waals surface area contributed by atoms with Gasteiger partial charge in [0.1, 0.15) is 41.5 Å². The van der Waals surface area contributed by atoms with Crippen LogP contribution in [0, 0.1) is 0 Å². The number of rotatable bonds is 4. The molecule has 0 unspecified atom stereocenters. The first kappa shape index (κ1) is 16.7. The number of carbonyl (C=O) groups excluding carboxylic acids is 1. The van der Waals surface area contributed by atoms with Crippen molar-refractivity contribution in [3.63, 3.8) is 0 Å². The zero-order valence-corrected chi connectivity index (χ0v) is 11.8. The summed E-state index contributed by atoms with van der Waals surface area (Å²) in [6, 6.07) is 4.12. The van der Waals surface area contributed by atoms with Gasteiger partial charge in [-0.2, -0.15) is 0 Å². The summed E-state index contributed by atoms with van der Waals surface area (Å²) in [5, 5.41) is 48.1. The van der Waals surface area contributed by atoms with Crippen molar-refractivity contribution >= 4 is 5.78 Å². The second-order valence-electron chi connectivity index (χ2n) is 5.02. The molecule has 5 N–H and O–H groups in total. The third-order valence-electron chi connectivity index (χ3n) is 3.45. The summed E-state index contributed by atoms with van der Waals surface area (Å²) in [7, 11) is 0. The Labute approximate surface area is 126 Å². The molecule has 5 atom stereocenters. The van der Waals surface area contributed by atoms with Crippen LogP contribution in [0.15, 0.2) is 18.2 Å². The van der Waals surface area contributed by atoms with E-state index in [0.29, 0.717) is 0 Å². The number of benzene rings is 1. The Kier molecular flexibility index (Phi) is 4.99. The van der Waals surface area contributed by atoms with E-state index in [1.807, 2.05) is 0 Å². The van der Waals surface area contributed by atoms with Gasteiger partial charge in [0.05, 0.1) is 6.61 Å². The fourth-order valence-electron chi connectivity index (χ4n) is 2.26. The predicted octanol–water partition coefficient (Wildman–Crippen LogP) is -1.23. The van der Waals surface area contributed by atoms with E-state index in [4.69, 9.17) is 14.6 Å². The van der Waals surface area contributed by atoms with Gasteiger partial charge in [0.2, 0.25) is 6.29 Å². The first-order chi connectivity index (χ1) is 10.4. The number of hydrogen-bond donors (Lipinski definition) is 5. The minimum Gasteiger partial charge on any atom is -0.507 e. The van der Waals surface area contributed by atoms with Gasteiger partial charge in [0, 0.05) is 0 Å². The van der Waals surface area contributed by atoms with Crippen LogP contribution in [0.3, 0.4) is 0 Å². The Morgan fingerprint density at radius 2 is 1.91 bits per heavy atom. The number of ether oxygens (including phenoxy) is 2. The molecule has 1 aromatic carbocycles. The van der Waals surface area contributed by atoms with Gasteiger partial charge in [-0.05, 0) is 19.1 Å². The van der Waals surface area contributed by atoms with E-state index in [-0.39, 0.29) is 17.1 Å². The van der Waals surface area contributed by atoms with Crippen molar-refractivity contribution in [3.8, 4) is 11.5 Å². The highest BCUT2D eigenvalue weighted by molar-refractivity contribution is 5.99. The molecule has 0 aromatic heterocycles. The second kappa shape index (κ2) is 6.59. The maximum atomic E-state index is 11.6. The first-order valence-corrected chi connectivity index (χ1v) is 6.67. The summed E-state index contributed by atoms with van der Waals surface area (Å²) >= 11 is 0. The maximum absolute atomic E-state index is 11.6. The van der Waals surface area contributed by atoms with Crippen molar-refractivity contribution in [3.05, 3.63) is 23.8 Å². The Balaban J connectivity index is 2.27. The quantitative estimate of drug-likeness (QED) is 0.436. The van der Waals surface area contributed by atoms with Crippen molar-refractivity contribution in [2.45, 2.75) is 37.6 Å². The number of ketones is 1. The fraction of sp³-hybridized carbons (Fsp3) is 0.500. The molecule has 1 aliphatic heterocycles. The highest BCUT2D eigenvalue weighted by Gasteiger charge is 2.45. The highest BCUT2D eigenvalue weighted by Crippen LogP contribution is 2.31. The lowest BCUT2D eigenvalue weighted by Crippen LogP contribution is -2.60. The summed E-state index contributed by atoms with van der Waals surface area (Å²) in [5.41, 5.74) is -0.0977. The molecule has 122 valence electrons. The van der Waals surface area contributed by atoms with Crippen LogP contribution in [0.5, 0.6) is 11.5 Å². The number of Topliss-reactive ketones (excluding diaryl/α,β-unsaturated/α-hetero) is 1. The van der Waals surface area contributed by atoms with E-state index in [1.165, 1.54) is 25.1 Å². The number of aliphatic hydroxyl groups is 4. The molecule has 22 heavy (non-hydrogen) atoms. The Bertz CT molecular complexity index is 544. The molecule has 8 heteroatoms. The molecule has 0 spiro atoms. The van der Waals surface area contributed by atoms with E-state index in [2.05, 4.69) is 0 Å². The lowest BCUT2D eigenvalue weighted by molar-refractivity contribution is -0.277. The van der Waals surface area contributed by atoms with Gasteiger partial charge in [-0.3, -0.25) is 4.79 Å². The lowest BCUT2D eigenvalue weighted by Gasteiger charge is -2.39. The number of carbonyl (C=O) groups is 1. The van der Waals surface area contributed by atoms with Gasteiger partial charge >= 0.3 is 0 Å². The number of aromatic hydroxyl groups is 1. The monoisotopic (exact) mass is 314 g/mol. The standard InChI is InChI=1S/C14H18O8/c1-6(16)10-7(17)3-2-4-8(10)21-14-13(20)12(19)11(18)9(5-15)22-14/h2-4,9,11-15,17-20H,5H2,1H3/t9-,11-,12+,13-,14+/m1/s1. The van der Waals surface area contributed by atoms with Crippen LogP contribution in [0.25, 0.3) is 0 Å². The summed E-state index contributed by atoms with van der Waals surface area (Å²) in [5.74, 6) is -0.802. The zero-order chi connectivity index (χ0) is 16.4. The third-order valence-corrected chi connectivity index (χ3v) is 3.45. The Morgan fingerprint density at radius 3 is 2.50 bits per heavy atom. The molecule has 1 aliphatic rings. The summed E-state index contributed by atoms with van der Waals surface area (Å²) in [4.78, 5) is 11.6. The van der Waals surface area contributed by atoms with Crippen LogP contribution >= 0.6 is 0 Å². The first-order valence-electron chi connectivity index (χ1n) is 6.67. The van der Waals surface area contributed by atoms with Crippen molar-refractivity contribution in [1.82, 2.24) is 0 Å². The van der Waals surface area contributed by atoms with Crippen LogP contribution in [-0.4, -0.2) is 68.6 Å². The largest absolute Gasteiger partial charge is 0.507 e. The van der Waals surface area contributed by atoms with Gasteiger partial charge < -0.3 is 35.0 Å². The average Bonchev–Trinajstić information content (AvgIpc) is 2.47. The van der Waals surface area contributed by atoms with E-state index < -0.39 is 43.1 Å². The average molecular weight is 314 g/mol. The predicted molar refractivity (Wildman–Crippen MR) is 72.5 cm³/mol. The van der Waals surface area contributed by atoms with Crippen molar-refractivity contribution < 1.29 is 39.8 Å². The number of phenols is 1. The smallest absolute Gasteiger partial charge is 0.229 e. The van der Waals surface area contributed by atoms with E-state index in [9.17, 15) is 25.2 Å². The number of aliphatic hydroxyl groups excluding tert-OH is 4. The molecule has 1 fully saturated rings. The maximum Gasteiger partial charge on any atom is 0.229 e. The summed E-state index contributed by atoms with van der Waals surface area (Å²) in [6.07, 6.45) is -7.23. The Morgan fingerprint density at radius 1 is 1.23 bits per heavy atom. The van der Waals surface area contributed by atoms with Gasteiger partial charge in [0.15, 0.2) is 5.78 Å². The molecule has 0 radical (unpaired) electrons. The van der Waals surface area contributed by atoms with Crippen LogP contribution < -0.4 is 4.74 Å². The van der Waals surface area contributed by atoms with Gasteiger partial charge in [-0.25, -0.2) is 0 Å². The van der Waals surface area contributed by atoms with Gasteiger partial charge in [0.25, 0.3) is 0 Å². The van der Waals surface area contributed by atoms with Crippen LogP contribution in [0.4, 0.5) is 0 Å². The summed E-state index contributed by atoms with van der Waals surface area (Å²) in [6.45, 7) is 0.639. The summed E-state index contributed by atoms with van der Waals surface area (Å²) < 4.78 is 10.5. The molecule has 8 nitrogen and oxygen atoms in total. The molecule has 1 heterocycles. The number of phenolic OH excluding ortho intramolecular Hbond substituents is 1. The van der Waals surface area contributed by atoms with Crippen LogP contribution in [0.2, 0.25) is 0 Å². The SMILES string of the molecule is CC(=O)c1c(O)cccc1O[C@H]1O[C@H](CO)[C@@H](O)[C@H](O)[C@H]1O. The molecule has 0 saturated carbocycles. The minimum atomic E-state index is -1.60. The van der Waals surface area contributed by atoms with Gasteiger partial charge in [-0.15, -0.1) is 0 Å². The molecular weight excluding hydrogens is 296 g/mol. The van der Waals surface area contributed by atoms with E-state index >= 15 is 0 Å². The number of hydrogen-bond acceptors (Lipinski definition) is 8. The molecule has 0 amide bonds. The lowest BCUT2D eigenvalue weighted by atomic mass is 9.99. The van der Waals surface area contributed by atoms with E-state index in [1.54, 1.807) is 0 Å². The second-order valence-corrected chi connectivity index (χ2v) is 5.02. The van der Waals surface area contributed by atoms with Crippen molar-refractivity contribution in [1.29, 1.82) is 0 Å². The van der Waals surface area contributed by atoms with Crippen molar-refractivity contribution in [2.24, 2.45) is 0 Å². The zero-order valence-electron chi connectivity index (χ0n) is 11.8. The topological polar surface area (TPSA) is 137 Å². The molecule has 1 aromatic rings. The normalized spacial score (nSPS) is 31.8. The molecule has 1 saturated heterocycles. The van der Waals surface area contributed by atoms with Crippen LogP contribution in [-0.2, 0) is 4.74 Å². The van der Waals surface area contributed by atoms with Crippen LogP contribution in [0.1, 0.15) is 17.3 Å². The molecular formula is C14H18O8. The van der Waals surface area contributed by atoms with E-state index in [0.717, 1.165) is 0 Å². The molecule has 0 aliphatic carbocycles. The molecule has 0 bridgehead atoms. The fourth-order valence-corrected chi connectivity index (χ4v) is 2.26.